The fraction of sp³-hybridized carbons (Fsp3) is 0.462. The molecule has 0 aliphatic carbocycles. The molecule has 0 atom stereocenters. The lowest BCUT2D eigenvalue weighted by Crippen LogP contribution is -2.50. The summed E-state index contributed by atoms with van der Waals surface area (Å²) in [5.74, 6) is 0. The summed E-state index contributed by atoms with van der Waals surface area (Å²) >= 11 is 0. The topological polar surface area (TPSA) is 49.6 Å². The standard InChI is InChI=1S/C13H19N3O/c14-13(17)16(15-9-5-2-6-10-15)11-12-7-3-1-4-8-12/h1,3-4,7-8H,2,5-6,9-11H2,(H2,14,17). The predicted molar refractivity (Wildman–Crippen MR) is 67.0 cm³/mol. The summed E-state index contributed by atoms with van der Waals surface area (Å²) in [6, 6.07) is 9.59. The Morgan fingerprint density at radius 2 is 1.82 bits per heavy atom. The van der Waals surface area contributed by atoms with E-state index in [-0.39, 0.29) is 6.03 Å². The van der Waals surface area contributed by atoms with Gasteiger partial charge in [0, 0.05) is 13.1 Å². The van der Waals surface area contributed by atoms with E-state index in [0.717, 1.165) is 31.5 Å². The molecule has 4 nitrogen and oxygen atoms in total. The van der Waals surface area contributed by atoms with Gasteiger partial charge in [0.1, 0.15) is 0 Å². The molecule has 1 aromatic rings. The molecule has 1 aromatic carbocycles. The SMILES string of the molecule is NC(=O)N(Cc1ccccc1)N1CCCCC1. The number of hydrazine groups is 1. The van der Waals surface area contributed by atoms with E-state index in [1.54, 1.807) is 5.01 Å². The Hall–Kier alpha value is -1.55. The zero-order chi connectivity index (χ0) is 12.1. The molecule has 1 fully saturated rings. The van der Waals surface area contributed by atoms with Crippen molar-refractivity contribution in [2.45, 2.75) is 25.8 Å². The lowest BCUT2D eigenvalue weighted by Gasteiger charge is -2.36. The molecule has 2 amide bonds. The maximum Gasteiger partial charge on any atom is 0.329 e. The predicted octanol–water partition coefficient (Wildman–Crippen LogP) is 1.97. The Labute approximate surface area is 102 Å². The molecule has 0 spiro atoms. The maximum atomic E-state index is 11.5. The lowest BCUT2D eigenvalue weighted by atomic mass is 10.1. The van der Waals surface area contributed by atoms with Gasteiger partial charge in [-0.25, -0.2) is 9.80 Å². The van der Waals surface area contributed by atoms with E-state index in [2.05, 4.69) is 5.01 Å². The number of carbonyl (C=O) groups is 1. The van der Waals surface area contributed by atoms with Gasteiger partial charge >= 0.3 is 6.03 Å². The molecule has 1 saturated heterocycles. The molecule has 0 bridgehead atoms. The first-order chi connectivity index (χ1) is 8.27. The van der Waals surface area contributed by atoms with Gasteiger partial charge in [0.2, 0.25) is 0 Å². The van der Waals surface area contributed by atoms with Crippen LogP contribution in [0.1, 0.15) is 24.8 Å². The van der Waals surface area contributed by atoms with Crippen molar-refractivity contribution in [3.05, 3.63) is 35.9 Å². The smallest absolute Gasteiger partial charge is 0.329 e. The summed E-state index contributed by atoms with van der Waals surface area (Å²) in [6.07, 6.45) is 3.52. The summed E-state index contributed by atoms with van der Waals surface area (Å²) in [6.45, 7) is 2.42. The lowest BCUT2D eigenvalue weighted by molar-refractivity contribution is -0.00453. The van der Waals surface area contributed by atoms with Crippen LogP contribution in [0.4, 0.5) is 4.79 Å². The van der Waals surface area contributed by atoms with Gasteiger partial charge in [0.15, 0.2) is 0 Å². The van der Waals surface area contributed by atoms with E-state index in [1.807, 2.05) is 30.3 Å². The number of hydrogen-bond acceptors (Lipinski definition) is 2. The number of hydrogen-bond donors (Lipinski definition) is 1. The van der Waals surface area contributed by atoms with Crippen LogP contribution in [-0.4, -0.2) is 29.1 Å². The minimum atomic E-state index is -0.365. The van der Waals surface area contributed by atoms with Gasteiger partial charge in [0.05, 0.1) is 6.54 Å². The van der Waals surface area contributed by atoms with Crippen LogP contribution in [0.25, 0.3) is 0 Å². The van der Waals surface area contributed by atoms with Crippen LogP contribution < -0.4 is 5.73 Å². The third-order valence-corrected chi connectivity index (χ3v) is 3.10. The fourth-order valence-electron chi connectivity index (χ4n) is 2.19. The second-order valence-corrected chi connectivity index (χ2v) is 4.40. The maximum absolute atomic E-state index is 11.5. The van der Waals surface area contributed by atoms with E-state index in [4.69, 9.17) is 5.73 Å². The van der Waals surface area contributed by atoms with Gasteiger partial charge in [-0.2, -0.15) is 0 Å². The molecule has 0 aromatic heterocycles. The number of urea groups is 1. The largest absolute Gasteiger partial charge is 0.350 e. The average Bonchev–Trinajstić information content (AvgIpc) is 2.38. The second-order valence-electron chi connectivity index (χ2n) is 4.40. The molecule has 4 heteroatoms. The van der Waals surface area contributed by atoms with E-state index in [9.17, 15) is 4.79 Å². The summed E-state index contributed by atoms with van der Waals surface area (Å²) in [4.78, 5) is 11.5. The van der Waals surface area contributed by atoms with Crippen molar-refractivity contribution in [3.8, 4) is 0 Å². The Morgan fingerprint density at radius 3 is 2.41 bits per heavy atom. The Balaban J connectivity index is 2.04. The number of benzene rings is 1. The molecule has 2 N–H and O–H groups in total. The number of nitrogens with two attached hydrogens (primary N) is 1. The fourth-order valence-corrected chi connectivity index (χ4v) is 2.19. The quantitative estimate of drug-likeness (QED) is 0.867. The molecule has 92 valence electrons. The molecule has 1 aliphatic rings. The van der Waals surface area contributed by atoms with Crippen LogP contribution in [-0.2, 0) is 6.54 Å². The monoisotopic (exact) mass is 233 g/mol. The third kappa shape index (κ3) is 3.20. The van der Waals surface area contributed by atoms with Gasteiger partial charge < -0.3 is 5.73 Å². The van der Waals surface area contributed by atoms with E-state index in [0.29, 0.717) is 6.54 Å². The zero-order valence-corrected chi connectivity index (χ0v) is 10.0. The summed E-state index contributed by atoms with van der Waals surface area (Å²) in [7, 11) is 0. The van der Waals surface area contributed by atoms with Crippen molar-refractivity contribution in [2.24, 2.45) is 5.73 Å². The van der Waals surface area contributed by atoms with Crippen LogP contribution in [0.2, 0.25) is 0 Å². The van der Waals surface area contributed by atoms with E-state index in [1.165, 1.54) is 6.42 Å². The van der Waals surface area contributed by atoms with Gasteiger partial charge in [-0.1, -0.05) is 36.8 Å². The normalized spacial score (nSPS) is 16.7. The molecule has 0 radical (unpaired) electrons. The first-order valence-electron chi connectivity index (χ1n) is 6.13. The number of primary amides is 1. The first kappa shape index (κ1) is 11.9. The number of carbonyl (C=O) groups excluding carboxylic acids is 1. The van der Waals surface area contributed by atoms with Crippen molar-refractivity contribution in [1.29, 1.82) is 0 Å². The molecule has 2 rings (SSSR count). The number of nitrogens with zero attached hydrogens (tertiary/aromatic N) is 2. The zero-order valence-electron chi connectivity index (χ0n) is 10.0. The third-order valence-electron chi connectivity index (χ3n) is 3.10. The highest BCUT2D eigenvalue weighted by Crippen LogP contribution is 2.14. The van der Waals surface area contributed by atoms with Crippen molar-refractivity contribution in [2.75, 3.05) is 13.1 Å². The molecule has 0 saturated carbocycles. The molecule has 17 heavy (non-hydrogen) atoms. The van der Waals surface area contributed by atoms with Crippen molar-refractivity contribution < 1.29 is 4.79 Å². The second kappa shape index (κ2) is 5.68. The highest BCUT2D eigenvalue weighted by molar-refractivity contribution is 5.71. The molecular formula is C13H19N3O. The van der Waals surface area contributed by atoms with Gasteiger partial charge in [-0.3, -0.25) is 5.01 Å². The molecule has 1 aliphatic heterocycles. The van der Waals surface area contributed by atoms with Crippen LogP contribution >= 0.6 is 0 Å². The molecule has 0 unspecified atom stereocenters. The van der Waals surface area contributed by atoms with E-state index < -0.39 is 0 Å². The minimum absolute atomic E-state index is 0.365. The summed E-state index contributed by atoms with van der Waals surface area (Å²) in [5, 5.41) is 3.73. The molecule has 1 heterocycles. The van der Waals surface area contributed by atoms with Crippen LogP contribution in [0.5, 0.6) is 0 Å². The van der Waals surface area contributed by atoms with Crippen molar-refractivity contribution in [1.82, 2.24) is 10.0 Å². The van der Waals surface area contributed by atoms with Crippen LogP contribution in [0.3, 0.4) is 0 Å². The highest BCUT2D eigenvalue weighted by Gasteiger charge is 2.21. The highest BCUT2D eigenvalue weighted by atomic mass is 16.2. The van der Waals surface area contributed by atoms with Gasteiger partial charge in [-0.15, -0.1) is 0 Å². The Morgan fingerprint density at radius 1 is 1.18 bits per heavy atom. The number of piperidine rings is 1. The van der Waals surface area contributed by atoms with Gasteiger partial charge in [0.25, 0.3) is 0 Å². The number of rotatable bonds is 3. The average molecular weight is 233 g/mol. The first-order valence-corrected chi connectivity index (χ1v) is 6.13. The van der Waals surface area contributed by atoms with Crippen LogP contribution in [0, 0.1) is 0 Å². The van der Waals surface area contributed by atoms with Crippen molar-refractivity contribution in [3.63, 3.8) is 0 Å². The van der Waals surface area contributed by atoms with E-state index >= 15 is 0 Å². The van der Waals surface area contributed by atoms with Gasteiger partial charge in [-0.05, 0) is 18.4 Å². The summed E-state index contributed by atoms with van der Waals surface area (Å²) < 4.78 is 0. The summed E-state index contributed by atoms with van der Waals surface area (Å²) in [5.41, 5.74) is 6.57. The Kier molecular flexibility index (Phi) is 3.98. The Bertz CT molecular complexity index is 360. The van der Waals surface area contributed by atoms with Crippen LogP contribution in [0.15, 0.2) is 30.3 Å². The number of amides is 2. The van der Waals surface area contributed by atoms with Crippen molar-refractivity contribution >= 4 is 6.03 Å². The molecular weight excluding hydrogens is 214 g/mol. The minimum Gasteiger partial charge on any atom is -0.350 e.